The van der Waals surface area contributed by atoms with Gasteiger partial charge in [0.15, 0.2) is 0 Å². The van der Waals surface area contributed by atoms with Crippen LogP contribution in [0.3, 0.4) is 0 Å². The van der Waals surface area contributed by atoms with Gasteiger partial charge in [0.2, 0.25) is 9.84 Å². The molecule has 96 valence electrons. The number of benzene rings is 1. The number of nitrogens with two attached hydrogens (primary N) is 1. The van der Waals surface area contributed by atoms with Crippen molar-refractivity contribution in [1.82, 2.24) is 0 Å². The van der Waals surface area contributed by atoms with Crippen LogP contribution in [0.4, 0.5) is 14.5 Å². The topological polar surface area (TPSA) is 63.4 Å². The number of anilines is 1. The van der Waals surface area contributed by atoms with Gasteiger partial charge in [-0.15, -0.1) is 0 Å². The average molecular weight is 264 g/mol. The lowest BCUT2D eigenvalue weighted by Gasteiger charge is -2.21. The number of sulfone groups is 1. The summed E-state index contributed by atoms with van der Waals surface area (Å²) in [6, 6.07) is 5.65. The van der Waals surface area contributed by atoms with Crippen LogP contribution >= 0.6 is 0 Å². The summed E-state index contributed by atoms with van der Waals surface area (Å²) >= 11 is 0. The first-order valence-electron chi connectivity index (χ1n) is 4.93. The predicted molar refractivity (Wildman–Crippen MR) is 62.0 cm³/mol. The molecule has 1 rings (SSSR count). The van der Waals surface area contributed by atoms with Gasteiger partial charge < -0.3 is 10.6 Å². The summed E-state index contributed by atoms with van der Waals surface area (Å²) in [5.41, 5.74) is 5.58. The van der Waals surface area contributed by atoms with Crippen LogP contribution in [0.15, 0.2) is 29.2 Å². The molecule has 0 saturated heterocycles. The van der Waals surface area contributed by atoms with E-state index < -0.39 is 15.6 Å². The van der Waals surface area contributed by atoms with Gasteiger partial charge in [-0.05, 0) is 12.1 Å². The number of hydrogen-bond donors (Lipinski definition) is 1. The van der Waals surface area contributed by atoms with Gasteiger partial charge in [-0.1, -0.05) is 12.1 Å². The minimum Gasteiger partial charge on any atom is -0.372 e. The zero-order valence-corrected chi connectivity index (χ0v) is 10.1. The molecule has 0 aliphatic rings. The van der Waals surface area contributed by atoms with E-state index in [1.165, 1.54) is 23.1 Å². The molecule has 0 atom stereocenters. The number of alkyl halides is 2. The lowest BCUT2D eigenvalue weighted by Crippen LogP contribution is -2.27. The first-order chi connectivity index (χ1) is 7.91. The molecule has 0 aliphatic carbocycles. The second kappa shape index (κ2) is 5.42. The molecule has 0 spiro atoms. The number of halogens is 2. The first kappa shape index (κ1) is 13.9. The van der Waals surface area contributed by atoms with E-state index in [0.717, 1.165) is 0 Å². The summed E-state index contributed by atoms with van der Waals surface area (Å²) in [4.78, 5) is 1.17. The Morgan fingerprint density at radius 3 is 2.47 bits per heavy atom. The fourth-order valence-corrected chi connectivity index (χ4v) is 2.40. The molecule has 0 fully saturated rings. The molecule has 2 N–H and O–H groups in total. The van der Waals surface area contributed by atoms with Crippen molar-refractivity contribution in [3.8, 4) is 0 Å². The van der Waals surface area contributed by atoms with E-state index in [1.54, 1.807) is 13.1 Å². The van der Waals surface area contributed by atoms with Crippen molar-refractivity contribution in [2.75, 3.05) is 25.0 Å². The second-order valence-electron chi connectivity index (χ2n) is 3.48. The van der Waals surface area contributed by atoms with Gasteiger partial charge in [-0.3, -0.25) is 0 Å². The first-order valence-corrected chi connectivity index (χ1v) is 6.48. The molecule has 0 aromatic heterocycles. The Kier molecular flexibility index (Phi) is 4.41. The molecule has 0 bridgehead atoms. The molecular formula is C10H14F2N2O2S. The largest absolute Gasteiger partial charge is 0.372 e. The lowest BCUT2D eigenvalue weighted by molar-refractivity contribution is 0.235. The number of nitrogens with zero attached hydrogens (tertiary/aromatic N) is 1. The molecule has 0 aliphatic heterocycles. The number of likely N-dealkylation sites (N-methyl/N-ethyl adjacent to an activating group) is 1. The van der Waals surface area contributed by atoms with Gasteiger partial charge in [0, 0.05) is 20.1 Å². The maximum Gasteiger partial charge on any atom is 0.341 e. The van der Waals surface area contributed by atoms with Gasteiger partial charge in [0.1, 0.15) is 0 Å². The van der Waals surface area contributed by atoms with E-state index in [0.29, 0.717) is 13.1 Å². The molecule has 0 saturated carbocycles. The third-order valence-corrected chi connectivity index (χ3v) is 3.71. The fourth-order valence-electron chi connectivity index (χ4n) is 1.42. The molecule has 4 nitrogen and oxygen atoms in total. The van der Waals surface area contributed by atoms with Crippen LogP contribution in [-0.2, 0) is 9.84 Å². The van der Waals surface area contributed by atoms with Crippen LogP contribution in [0.5, 0.6) is 0 Å². The SMILES string of the molecule is CN(CCN)c1ccccc1S(=O)(=O)C(F)F. The van der Waals surface area contributed by atoms with Crippen molar-refractivity contribution in [1.29, 1.82) is 0 Å². The monoisotopic (exact) mass is 264 g/mol. The Morgan fingerprint density at radius 1 is 1.35 bits per heavy atom. The Labute approximate surface area is 98.9 Å². The van der Waals surface area contributed by atoms with E-state index >= 15 is 0 Å². The van der Waals surface area contributed by atoms with Crippen molar-refractivity contribution in [3.05, 3.63) is 24.3 Å². The van der Waals surface area contributed by atoms with Crippen molar-refractivity contribution in [2.24, 2.45) is 5.73 Å². The number of rotatable bonds is 5. The fraction of sp³-hybridized carbons (Fsp3) is 0.400. The smallest absolute Gasteiger partial charge is 0.341 e. The maximum atomic E-state index is 12.5. The molecule has 0 unspecified atom stereocenters. The van der Waals surface area contributed by atoms with Gasteiger partial charge in [-0.2, -0.15) is 8.78 Å². The van der Waals surface area contributed by atoms with Crippen LogP contribution in [0.1, 0.15) is 0 Å². The van der Waals surface area contributed by atoms with E-state index in [-0.39, 0.29) is 10.6 Å². The summed E-state index contributed by atoms with van der Waals surface area (Å²) in [5.74, 6) is -3.42. The van der Waals surface area contributed by atoms with Crippen LogP contribution in [0, 0.1) is 0 Å². The minimum absolute atomic E-state index is 0.234. The summed E-state index contributed by atoms with van der Waals surface area (Å²) in [6.45, 7) is 0.690. The van der Waals surface area contributed by atoms with Crippen LogP contribution in [0.2, 0.25) is 0 Å². The van der Waals surface area contributed by atoms with E-state index in [9.17, 15) is 17.2 Å². The molecule has 1 aromatic rings. The van der Waals surface area contributed by atoms with Gasteiger partial charge >= 0.3 is 5.76 Å². The molecule has 1 aromatic carbocycles. The van der Waals surface area contributed by atoms with Crippen molar-refractivity contribution >= 4 is 15.5 Å². The Bertz CT molecular complexity index is 477. The molecule has 7 heteroatoms. The third kappa shape index (κ3) is 2.92. The molecule has 0 heterocycles. The van der Waals surface area contributed by atoms with Gasteiger partial charge in [0.25, 0.3) is 0 Å². The van der Waals surface area contributed by atoms with Crippen molar-refractivity contribution in [3.63, 3.8) is 0 Å². The standard InChI is InChI=1S/C10H14F2N2O2S/c1-14(7-6-13)8-4-2-3-5-9(8)17(15,16)10(11)12/h2-5,10H,6-7,13H2,1H3. The van der Waals surface area contributed by atoms with Crippen molar-refractivity contribution < 1.29 is 17.2 Å². The highest BCUT2D eigenvalue weighted by molar-refractivity contribution is 7.91. The summed E-state index contributed by atoms with van der Waals surface area (Å²) < 4.78 is 47.9. The second-order valence-corrected chi connectivity index (χ2v) is 5.37. The minimum atomic E-state index is -4.59. The van der Waals surface area contributed by atoms with Crippen LogP contribution in [0.25, 0.3) is 0 Å². The highest BCUT2D eigenvalue weighted by atomic mass is 32.2. The Balaban J connectivity index is 3.26. The number of para-hydroxylation sites is 1. The summed E-state index contributed by atoms with van der Waals surface area (Å²) in [5, 5.41) is 0. The van der Waals surface area contributed by atoms with Crippen LogP contribution < -0.4 is 10.6 Å². The summed E-state index contributed by atoms with van der Waals surface area (Å²) in [6.07, 6.45) is 0. The maximum absolute atomic E-state index is 12.5. The number of hydrogen-bond acceptors (Lipinski definition) is 4. The van der Waals surface area contributed by atoms with Gasteiger partial charge in [0.05, 0.1) is 10.6 Å². The van der Waals surface area contributed by atoms with Crippen molar-refractivity contribution in [2.45, 2.75) is 10.7 Å². The average Bonchev–Trinajstić information content (AvgIpc) is 2.29. The Hall–Kier alpha value is -1.21. The van der Waals surface area contributed by atoms with E-state index in [1.807, 2.05) is 0 Å². The summed E-state index contributed by atoms with van der Waals surface area (Å²) in [7, 11) is -2.98. The quantitative estimate of drug-likeness (QED) is 0.864. The highest BCUT2D eigenvalue weighted by Gasteiger charge is 2.29. The normalized spacial score (nSPS) is 11.8. The zero-order chi connectivity index (χ0) is 13.1. The molecule has 17 heavy (non-hydrogen) atoms. The highest BCUT2D eigenvalue weighted by Crippen LogP contribution is 2.28. The van der Waals surface area contributed by atoms with E-state index in [2.05, 4.69) is 0 Å². The zero-order valence-electron chi connectivity index (χ0n) is 9.31. The van der Waals surface area contributed by atoms with E-state index in [4.69, 9.17) is 5.73 Å². The molecule has 0 radical (unpaired) electrons. The predicted octanol–water partition coefficient (Wildman–Crippen LogP) is 1.08. The third-order valence-electron chi connectivity index (χ3n) is 2.28. The van der Waals surface area contributed by atoms with Gasteiger partial charge in [-0.25, -0.2) is 8.42 Å². The molecule has 0 amide bonds. The lowest BCUT2D eigenvalue weighted by atomic mass is 10.3. The molecular weight excluding hydrogens is 250 g/mol. The Morgan fingerprint density at radius 2 is 1.94 bits per heavy atom. The van der Waals surface area contributed by atoms with Crippen LogP contribution in [-0.4, -0.2) is 34.3 Å².